The number of aromatic amines is 1. The molecule has 160 valence electrons. The lowest BCUT2D eigenvalue weighted by Crippen LogP contribution is -2.30. The van der Waals surface area contributed by atoms with E-state index in [2.05, 4.69) is 10.3 Å². The minimum absolute atomic E-state index is 0.0399. The Morgan fingerprint density at radius 1 is 1.13 bits per heavy atom. The van der Waals surface area contributed by atoms with E-state index in [0.29, 0.717) is 19.5 Å². The molecule has 1 amide bonds. The van der Waals surface area contributed by atoms with Gasteiger partial charge in [-0.15, -0.1) is 0 Å². The summed E-state index contributed by atoms with van der Waals surface area (Å²) in [4.78, 5) is 15.6. The molecule has 3 N–H and O–H groups in total. The molecule has 0 radical (unpaired) electrons. The van der Waals surface area contributed by atoms with Crippen LogP contribution in [0.2, 0.25) is 0 Å². The molecular weight excluding hydrogens is 402 g/mol. The summed E-state index contributed by atoms with van der Waals surface area (Å²) < 4.78 is 26.7. The molecule has 0 fully saturated rings. The Labute approximate surface area is 176 Å². The van der Waals surface area contributed by atoms with Gasteiger partial charge in [-0.25, -0.2) is 8.42 Å². The van der Waals surface area contributed by atoms with E-state index < -0.39 is 10.0 Å². The summed E-state index contributed by atoms with van der Waals surface area (Å²) >= 11 is 0. The van der Waals surface area contributed by atoms with Crippen LogP contribution in [-0.4, -0.2) is 41.8 Å². The molecule has 2 aromatic carbocycles. The van der Waals surface area contributed by atoms with Gasteiger partial charge < -0.3 is 15.4 Å². The normalized spacial score (nSPS) is 11.8. The second-order valence-electron chi connectivity index (χ2n) is 7.03. The lowest BCUT2D eigenvalue weighted by molar-refractivity contribution is -0.116. The second-order valence-corrected chi connectivity index (χ2v) is 8.97. The van der Waals surface area contributed by atoms with Gasteiger partial charge in [-0.2, -0.15) is 4.31 Å². The molecule has 3 aromatic rings. The Hall–Kier alpha value is -2.84. The van der Waals surface area contributed by atoms with Gasteiger partial charge in [0.2, 0.25) is 15.9 Å². The molecule has 0 bridgehead atoms. The SMILES string of the molecule is CCN(CC)S(=O)(=O)c1ccc(O)c(NC(=O)CCCc2c[nH]c3ccccc23)c1. The maximum Gasteiger partial charge on any atom is 0.243 e. The van der Waals surface area contributed by atoms with E-state index in [9.17, 15) is 18.3 Å². The number of rotatable bonds is 9. The van der Waals surface area contributed by atoms with Crippen molar-refractivity contribution in [2.75, 3.05) is 18.4 Å². The van der Waals surface area contributed by atoms with Crippen LogP contribution in [0.25, 0.3) is 10.9 Å². The summed E-state index contributed by atoms with van der Waals surface area (Å²) in [5, 5.41) is 13.8. The molecule has 0 spiro atoms. The Morgan fingerprint density at radius 2 is 1.87 bits per heavy atom. The Balaban J connectivity index is 1.65. The van der Waals surface area contributed by atoms with E-state index in [0.717, 1.165) is 22.9 Å². The molecule has 0 aliphatic heterocycles. The predicted molar refractivity (Wildman–Crippen MR) is 118 cm³/mol. The highest BCUT2D eigenvalue weighted by Crippen LogP contribution is 2.28. The van der Waals surface area contributed by atoms with Crippen molar-refractivity contribution in [1.82, 2.24) is 9.29 Å². The molecule has 1 aromatic heterocycles. The van der Waals surface area contributed by atoms with E-state index in [-0.39, 0.29) is 28.7 Å². The number of H-pyrrole nitrogens is 1. The summed E-state index contributed by atoms with van der Waals surface area (Å²) in [5.41, 5.74) is 2.31. The number of anilines is 1. The number of aromatic hydroxyl groups is 1. The fourth-order valence-corrected chi connectivity index (χ4v) is 4.96. The smallest absolute Gasteiger partial charge is 0.243 e. The van der Waals surface area contributed by atoms with Crippen molar-refractivity contribution in [3.8, 4) is 5.75 Å². The molecule has 0 unspecified atom stereocenters. The van der Waals surface area contributed by atoms with Crippen LogP contribution in [0.4, 0.5) is 5.69 Å². The number of hydrogen-bond acceptors (Lipinski definition) is 4. The van der Waals surface area contributed by atoms with E-state index in [1.54, 1.807) is 13.8 Å². The molecule has 30 heavy (non-hydrogen) atoms. The van der Waals surface area contributed by atoms with Gasteiger partial charge >= 0.3 is 0 Å². The van der Waals surface area contributed by atoms with Crippen LogP contribution in [0, 0.1) is 0 Å². The number of sulfonamides is 1. The highest BCUT2D eigenvalue weighted by Gasteiger charge is 2.23. The van der Waals surface area contributed by atoms with Gasteiger partial charge in [0.15, 0.2) is 0 Å². The Bertz CT molecular complexity index is 1130. The van der Waals surface area contributed by atoms with Crippen LogP contribution in [0.5, 0.6) is 5.75 Å². The number of carbonyl (C=O) groups excluding carboxylic acids is 1. The van der Waals surface area contributed by atoms with Gasteiger partial charge in [0.25, 0.3) is 0 Å². The third kappa shape index (κ3) is 4.66. The zero-order valence-corrected chi connectivity index (χ0v) is 18.0. The maximum atomic E-state index is 12.7. The van der Waals surface area contributed by atoms with E-state index in [4.69, 9.17) is 0 Å². The fourth-order valence-electron chi connectivity index (χ4n) is 3.48. The molecular formula is C22H27N3O4S. The number of carbonyl (C=O) groups is 1. The number of para-hydroxylation sites is 1. The quantitative estimate of drug-likeness (QED) is 0.449. The second kappa shape index (κ2) is 9.32. The minimum atomic E-state index is -3.68. The topological polar surface area (TPSA) is 102 Å². The van der Waals surface area contributed by atoms with Crippen molar-refractivity contribution < 1.29 is 18.3 Å². The predicted octanol–water partition coefficient (Wildman–Crippen LogP) is 3.87. The zero-order valence-electron chi connectivity index (χ0n) is 17.2. The average Bonchev–Trinajstić information content (AvgIpc) is 3.13. The first-order chi connectivity index (χ1) is 14.4. The zero-order chi connectivity index (χ0) is 21.7. The van der Waals surface area contributed by atoms with Crippen LogP contribution < -0.4 is 5.32 Å². The summed E-state index contributed by atoms with van der Waals surface area (Å²) in [6.07, 6.45) is 3.58. The maximum absolute atomic E-state index is 12.7. The van der Waals surface area contributed by atoms with Crippen LogP contribution in [0.3, 0.4) is 0 Å². The first kappa shape index (κ1) is 21.9. The number of amides is 1. The molecule has 7 nitrogen and oxygen atoms in total. The van der Waals surface area contributed by atoms with Gasteiger partial charge in [-0.05, 0) is 42.7 Å². The number of hydrogen-bond donors (Lipinski definition) is 3. The highest BCUT2D eigenvalue weighted by atomic mass is 32.2. The van der Waals surface area contributed by atoms with E-state index in [1.165, 1.54) is 22.5 Å². The van der Waals surface area contributed by atoms with E-state index in [1.807, 2.05) is 30.5 Å². The molecule has 1 heterocycles. The number of fused-ring (bicyclic) bond motifs is 1. The van der Waals surface area contributed by atoms with E-state index >= 15 is 0 Å². The fraction of sp³-hybridized carbons (Fsp3) is 0.318. The van der Waals surface area contributed by atoms with Gasteiger partial charge in [0.1, 0.15) is 5.75 Å². The lowest BCUT2D eigenvalue weighted by Gasteiger charge is -2.19. The minimum Gasteiger partial charge on any atom is -0.506 e. The van der Waals surface area contributed by atoms with Crippen molar-refractivity contribution in [2.45, 2.75) is 38.0 Å². The number of aryl methyl sites for hydroxylation is 1. The number of phenols is 1. The molecule has 8 heteroatoms. The summed E-state index contributed by atoms with van der Waals surface area (Å²) in [6, 6.07) is 11.9. The first-order valence-electron chi connectivity index (χ1n) is 10.0. The van der Waals surface area contributed by atoms with Gasteiger partial charge in [0.05, 0.1) is 10.6 Å². The number of nitrogens with zero attached hydrogens (tertiary/aromatic N) is 1. The molecule has 0 atom stereocenters. The standard InChI is InChI=1S/C22H27N3O4S/c1-3-25(4-2)30(28,29)17-12-13-21(26)20(14-17)24-22(27)11-7-8-16-15-23-19-10-6-5-9-18(16)19/h5-6,9-10,12-15,23,26H,3-4,7-8,11H2,1-2H3,(H,24,27). The number of phenolic OH excluding ortho intramolecular Hbond substituents is 1. The molecule has 0 saturated carbocycles. The average molecular weight is 430 g/mol. The number of nitrogens with one attached hydrogen (secondary N) is 2. The Morgan fingerprint density at radius 3 is 2.60 bits per heavy atom. The molecule has 0 aliphatic carbocycles. The van der Waals surface area contributed by atoms with Crippen molar-refractivity contribution in [2.24, 2.45) is 0 Å². The third-order valence-electron chi connectivity index (χ3n) is 5.11. The van der Waals surface area contributed by atoms with Crippen LogP contribution >= 0.6 is 0 Å². The van der Waals surface area contributed by atoms with Crippen molar-refractivity contribution in [3.63, 3.8) is 0 Å². The van der Waals surface area contributed by atoms with Gasteiger partial charge in [-0.3, -0.25) is 4.79 Å². The summed E-state index contributed by atoms with van der Waals surface area (Å²) in [7, 11) is -3.68. The number of aromatic nitrogens is 1. The van der Waals surface area contributed by atoms with Gasteiger partial charge in [-0.1, -0.05) is 32.0 Å². The van der Waals surface area contributed by atoms with Crippen molar-refractivity contribution in [1.29, 1.82) is 0 Å². The number of benzene rings is 2. The van der Waals surface area contributed by atoms with Crippen LogP contribution in [-0.2, 0) is 21.2 Å². The third-order valence-corrected chi connectivity index (χ3v) is 7.16. The largest absolute Gasteiger partial charge is 0.506 e. The highest BCUT2D eigenvalue weighted by molar-refractivity contribution is 7.89. The van der Waals surface area contributed by atoms with Crippen molar-refractivity contribution in [3.05, 3.63) is 54.2 Å². The summed E-state index contributed by atoms with van der Waals surface area (Å²) in [5.74, 6) is -0.444. The molecule has 3 rings (SSSR count). The van der Waals surface area contributed by atoms with Crippen LogP contribution in [0.15, 0.2) is 53.6 Å². The monoisotopic (exact) mass is 429 g/mol. The van der Waals surface area contributed by atoms with Crippen LogP contribution in [0.1, 0.15) is 32.3 Å². The first-order valence-corrected chi connectivity index (χ1v) is 11.5. The van der Waals surface area contributed by atoms with Gasteiger partial charge in [0, 0.05) is 36.6 Å². The van der Waals surface area contributed by atoms with Crippen molar-refractivity contribution >= 4 is 32.5 Å². The lowest BCUT2D eigenvalue weighted by atomic mass is 10.1. The Kier molecular flexibility index (Phi) is 6.79. The molecule has 0 aliphatic rings. The molecule has 0 saturated heterocycles. The summed E-state index contributed by atoms with van der Waals surface area (Å²) in [6.45, 7) is 4.21.